The zero-order chi connectivity index (χ0) is 19.7. The van der Waals surface area contributed by atoms with Crippen LogP contribution in [0.5, 0.6) is 0 Å². The summed E-state index contributed by atoms with van der Waals surface area (Å²) in [4.78, 5) is 10.8. The molecule has 0 aromatic heterocycles. The standard InChI is InChI=1S/C22H45NO3/c1-5-6-7-8-9-10-11-12-13-14-15-16-19-26-21(17-18-22(24)25)20-23(2,3)4/h21H,5-20H2,1-4H3/p+1. The van der Waals surface area contributed by atoms with Gasteiger partial charge in [0.2, 0.25) is 0 Å². The van der Waals surface area contributed by atoms with Crippen LogP contribution in [0.2, 0.25) is 0 Å². The highest BCUT2D eigenvalue weighted by Gasteiger charge is 2.19. The molecule has 1 unspecified atom stereocenters. The zero-order valence-corrected chi connectivity index (χ0v) is 18.1. The van der Waals surface area contributed by atoms with Crippen LogP contribution >= 0.6 is 0 Å². The van der Waals surface area contributed by atoms with Gasteiger partial charge in [0.05, 0.1) is 21.1 Å². The first-order valence-electron chi connectivity index (χ1n) is 11.0. The Morgan fingerprint density at radius 2 is 1.31 bits per heavy atom. The maximum absolute atomic E-state index is 10.8. The molecule has 26 heavy (non-hydrogen) atoms. The molecular formula is C22H46NO3+. The van der Waals surface area contributed by atoms with E-state index in [1.165, 1.54) is 70.6 Å². The van der Waals surface area contributed by atoms with E-state index in [9.17, 15) is 4.79 Å². The lowest BCUT2D eigenvalue weighted by Gasteiger charge is -2.29. The van der Waals surface area contributed by atoms with Crippen LogP contribution in [0.4, 0.5) is 0 Å². The predicted molar refractivity (Wildman–Crippen MR) is 111 cm³/mol. The lowest BCUT2D eigenvalue weighted by molar-refractivity contribution is -0.873. The molecule has 0 aliphatic heterocycles. The number of quaternary nitrogens is 1. The molecule has 4 nitrogen and oxygen atoms in total. The van der Waals surface area contributed by atoms with Crippen molar-refractivity contribution < 1.29 is 19.1 Å². The van der Waals surface area contributed by atoms with Crippen molar-refractivity contribution in [2.75, 3.05) is 34.3 Å². The molecular weight excluding hydrogens is 326 g/mol. The fourth-order valence-electron chi connectivity index (χ4n) is 3.32. The van der Waals surface area contributed by atoms with E-state index in [4.69, 9.17) is 9.84 Å². The van der Waals surface area contributed by atoms with E-state index in [0.717, 1.165) is 24.1 Å². The molecule has 0 rings (SSSR count). The second-order valence-electron chi connectivity index (χ2n) is 8.79. The predicted octanol–water partition coefficient (Wildman–Crippen LogP) is 5.64. The summed E-state index contributed by atoms with van der Waals surface area (Å²) >= 11 is 0. The summed E-state index contributed by atoms with van der Waals surface area (Å²) in [5.74, 6) is -0.731. The Hall–Kier alpha value is -0.610. The van der Waals surface area contributed by atoms with Gasteiger partial charge >= 0.3 is 5.97 Å². The van der Waals surface area contributed by atoms with Crippen molar-refractivity contribution in [3.8, 4) is 0 Å². The van der Waals surface area contributed by atoms with Gasteiger partial charge in [-0.25, -0.2) is 0 Å². The number of rotatable bonds is 19. The first-order valence-corrected chi connectivity index (χ1v) is 11.0. The van der Waals surface area contributed by atoms with Crippen molar-refractivity contribution in [1.82, 2.24) is 0 Å². The Balaban J connectivity index is 3.55. The molecule has 4 heteroatoms. The molecule has 0 aliphatic carbocycles. The van der Waals surface area contributed by atoms with Gasteiger partial charge in [0.1, 0.15) is 12.6 Å². The molecule has 0 saturated carbocycles. The van der Waals surface area contributed by atoms with Crippen LogP contribution in [-0.4, -0.2) is 56.0 Å². The van der Waals surface area contributed by atoms with Crippen molar-refractivity contribution in [2.24, 2.45) is 0 Å². The third-order valence-electron chi connectivity index (χ3n) is 4.78. The summed E-state index contributed by atoms with van der Waals surface area (Å²) in [6.45, 7) is 3.90. The van der Waals surface area contributed by atoms with Gasteiger partial charge in [0.15, 0.2) is 0 Å². The third kappa shape index (κ3) is 19.7. The van der Waals surface area contributed by atoms with E-state index in [1.807, 2.05) is 0 Å². The van der Waals surface area contributed by atoms with E-state index < -0.39 is 5.97 Å². The normalized spacial score (nSPS) is 13.1. The number of aliphatic carboxylic acids is 1. The minimum Gasteiger partial charge on any atom is -0.481 e. The SMILES string of the molecule is CCCCCCCCCCCCCCOC(CCC(=O)O)C[N+](C)(C)C. The van der Waals surface area contributed by atoms with Crippen molar-refractivity contribution in [2.45, 2.75) is 103 Å². The summed E-state index contributed by atoms with van der Waals surface area (Å²) in [6, 6.07) is 0. The van der Waals surface area contributed by atoms with Crippen LogP contribution in [0, 0.1) is 0 Å². The number of hydrogen-bond acceptors (Lipinski definition) is 2. The molecule has 0 aliphatic rings. The number of carboxylic acids is 1. The topological polar surface area (TPSA) is 46.5 Å². The highest BCUT2D eigenvalue weighted by atomic mass is 16.5. The fourth-order valence-corrected chi connectivity index (χ4v) is 3.32. The second kappa shape index (κ2) is 16.6. The van der Waals surface area contributed by atoms with Gasteiger partial charge < -0.3 is 14.3 Å². The highest BCUT2D eigenvalue weighted by molar-refractivity contribution is 5.66. The Morgan fingerprint density at radius 1 is 0.846 bits per heavy atom. The summed E-state index contributed by atoms with van der Waals surface area (Å²) in [5.41, 5.74) is 0. The Kier molecular flexibility index (Phi) is 16.2. The molecule has 0 fully saturated rings. The minimum atomic E-state index is -0.731. The van der Waals surface area contributed by atoms with Gasteiger partial charge in [0, 0.05) is 13.0 Å². The summed E-state index contributed by atoms with van der Waals surface area (Å²) in [5, 5.41) is 8.88. The van der Waals surface area contributed by atoms with Gasteiger partial charge in [-0.05, 0) is 12.8 Å². The Bertz CT molecular complexity index is 326. The number of likely N-dealkylation sites (N-methyl/N-ethyl adjacent to an activating group) is 1. The number of unbranched alkanes of at least 4 members (excludes halogenated alkanes) is 11. The first kappa shape index (κ1) is 25.4. The van der Waals surface area contributed by atoms with E-state index in [-0.39, 0.29) is 12.5 Å². The number of nitrogens with zero attached hydrogens (tertiary/aromatic N) is 1. The number of carboxylic acid groups (broad SMARTS) is 1. The van der Waals surface area contributed by atoms with Crippen LogP contribution in [0.15, 0.2) is 0 Å². The molecule has 0 heterocycles. The Labute approximate surface area is 162 Å². The second-order valence-corrected chi connectivity index (χ2v) is 8.79. The van der Waals surface area contributed by atoms with Gasteiger partial charge in [-0.3, -0.25) is 4.79 Å². The maximum Gasteiger partial charge on any atom is 0.303 e. The molecule has 0 aromatic carbocycles. The molecule has 1 N–H and O–H groups in total. The summed E-state index contributed by atoms with van der Waals surface area (Å²) in [6.07, 6.45) is 17.0. The summed E-state index contributed by atoms with van der Waals surface area (Å²) < 4.78 is 6.79. The molecule has 1 atom stereocenters. The lowest BCUT2D eigenvalue weighted by atomic mass is 10.1. The first-order chi connectivity index (χ1) is 12.3. The molecule has 0 amide bonds. The fraction of sp³-hybridized carbons (Fsp3) is 0.955. The van der Waals surface area contributed by atoms with E-state index >= 15 is 0 Å². The maximum atomic E-state index is 10.8. The van der Waals surface area contributed by atoms with Crippen molar-refractivity contribution >= 4 is 5.97 Å². The van der Waals surface area contributed by atoms with Crippen LogP contribution in [0.25, 0.3) is 0 Å². The van der Waals surface area contributed by atoms with Gasteiger partial charge in [0.25, 0.3) is 0 Å². The summed E-state index contributed by atoms with van der Waals surface area (Å²) in [7, 11) is 6.38. The molecule has 0 radical (unpaired) electrons. The zero-order valence-electron chi connectivity index (χ0n) is 18.1. The monoisotopic (exact) mass is 372 g/mol. The van der Waals surface area contributed by atoms with Crippen LogP contribution in [-0.2, 0) is 9.53 Å². The van der Waals surface area contributed by atoms with Crippen LogP contribution < -0.4 is 0 Å². The minimum absolute atomic E-state index is 0.0545. The van der Waals surface area contributed by atoms with Crippen molar-refractivity contribution in [3.05, 3.63) is 0 Å². The quantitative estimate of drug-likeness (QED) is 0.236. The molecule has 156 valence electrons. The van der Waals surface area contributed by atoms with Crippen molar-refractivity contribution in [3.63, 3.8) is 0 Å². The molecule has 0 aromatic rings. The highest BCUT2D eigenvalue weighted by Crippen LogP contribution is 2.13. The molecule has 0 bridgehead atoms. The van der Waals surface area contributed by atoms with Gasteiger partial charge in [-0.15, -0.1) is 0 Å². The van der Waals surface area contributed by atoms with Crippen molar-refractivity contribution in [1.29, 1.82) is 0 Å². The Morgan fingerprint density at radius 3 is 1.73 bits per heavy atom. The number of hydrogen-bond donors (Lipinski definition) is 1. The molecule has 0 saturated heterocycles. The van der Waals surface area contributed by atoms with Gasteiger partial charge in [-0.2, -0.15) is 0 Å². The van der Waals surface area contributed by atoms with Crippen LogP contribution in [0.1, 0.15) is 96.8 Å². The van der Waals surface area contributed by atoms with E-state index in [0.29, 0.717) is 6.42 Å². The third-order valence-corrected chi connectivity index (χ3v) is 4.78. The van der Waals surface area contributed by atoms with E-state index in [2.05, 4.69) is 28.1 Å². The average molecular weight is 373 g/mol. The number of ether oxygens (including phenoxy) is 1. The molecule has 0 spiro atoms. The van der Waals surface area contributed by atoms with Gasteiger partial charge in [-0.1, -0.05) is 77.6 Å². The average Bonchev–Trinajstić information content (AvgIpc) is 2.55. The van der Waals surface area contributed by atoms with E-state index in [1.54, 1.807) is 0 Å². The smallest absolute Gasteiger partial charge is 0.303 e. The largest absolute Gasteiger partial charge is 0.481 e. The number of carbonyl (C=O) groups is 1. The van der Waals surface area contributed by atoms with Crippen LogP contribution in [0.3, 0.4) is 0 Å². The lowest BCUT2D eigenvalue weighted by Crippen LogP contribution is -2.42.